The fraction of sp³-hybridized carbons (Fsp3) is 0.455. The fourth-order valence-electron chi connectivity index (χ4n) is 3.96. The highest BCUT2D eigenvalue weighted by molar-refractivity contribution is 7.89. The second-order valence-corrected chi connectivity index (χ2v) is 9.77. The zero-order chi connectivity index (χ0) is 23.2. The molecule has 3 N–H and O–H groups in total. The first kappa shape index (κ1) is 23.8. The molecule has 3 rings (SSSR count). The van der Waals surface area contributed by atoms with Crippen molar-refractivity contribution in [2.24, 2.45) is 5.73 Å². The second-order valence-electron chi connectivity index (χ2n) is 7.90. The normalized spacial score (nSPS) is 19.6. The topological polar surface area (TPSA) is 126 Å². The molecule has 32 heavy (non-hydrogen) atoms. The number of carbonyl (C=O) groups is 2. The van der Waals surface area contributed by atoms with Crippen LogP contribution in [0.1, 0.15) is 31.9 Å². The summed E-state index contributed by atoms with van der Waals surface area (Å²) in [6, 6.07) is 10.9. The lowest BCUT2D eigenvalue weighted by atomic mass is 9.90. The number of nitrogens with two attached hydrogens (primary N) is 1. The average molecular weight is 463 g/mol. The van der Waals surface area contributed by atoms with E-state index in [9.17, 15) is 18.0 Å². The number of rotatable bonds is 9. The Morgan fingerprint density at radius 2 is 1.88 bits per heavy atom. The van der Waals surface area contributed by atoms with Gasteiger partial charge in [-0.3, -0.25) is 4.79 Å². The van der Waals surface area contributed by atoms with Crippen molar-refractivity contribution < 1.29 is 22.4 Å². The number of sulfonamides is 1. The molecule has 1 aliphatic rings. The highest BCUT2D eigenvalue weighted by Crippen LogP contribution is 2.32. The Morgan fingerprint density at radius 3 is 2.50 bits per heavy atom. The van der Waals surface area contributed by atoms with Crippen LogP contribution in [0, 0.1) is 0 Å². The summed E-state index contributed by atoms with van der Waals surface area (Å²) in [4.78, 5) is 27.2. The van der Waals surface area contributed by atoms with Gasteiger partial charge in [-0.15, -0.1) is 0 Å². The summed E-state index contributed by atoms with van der Waals surface area (Å²) in [5.74, 6) is -0.431. The van der Waals surface area contributed by atoms with Crippen LogP contribution >= 0.6 is 0 Å². The zero-order valence-electron chi connectivity index (χ0n) is 18.2. The van der Waals surface area contributed by atoms with Gasteiger partial charge in [-0.25, -0.2) is 13.2 Å². The van der Waals surface area contributed by atoms with E-state index in [-0.39, 0.29) is 37.0 Å². The summed E-state index contributed by atoms with van der Waals surface area (Å²) in [7, 11) is -4.06. The molecule has 0 spiro atoms. The number of carbonyl (C=O) groups excluding carboxylic acids is 2. The van der Waals surface area contributed by atoms with E-state index >= 15 is 0 Å². The van der Waals surface area contributed by atoms with E-state index in [1.54, 1.807) is 30.3 Å². The Balaban J connectivity index is 1.95. The third-order valence-corrected chi connectivity index (χ3v) is 7.66. The third-order valence-electron chi connectivity index (χ3n) is 5.68. The average Bonchev–Trinajstić information content (AvgIpc) is 3.29. The maximum absolute atomic E-state index is 13.5. The number of piperazine rings is 1. The smallest absolute Gasteiger partial charge is 0.317 e. The van der Waals surface area contributed by atoms with Crippen molar-refractivity contribution in [1.29, 1.82) is 0 Å². The number of benzene rings is 1. The maximum Gasteiger partial charge on any atom is 0.317 e. The first-order valence-corrected chi connectivity index (χ1v) is 12.2. The van der Waals surface area contributed by atoms with E-state index in [4.69, 9.17) is 10.2 Å². The van der Waals surface area contributed by atoms with Crippen LogP contribution in [-0.4, -0.2) is 61.3 Å². The van der Waals surface area contributed by atoms with Gasteiger partial charge in [0.05, 0.1) is 17.7 Å². The molecular weight excluding hydrogens is 432 g/mol. The maximum atomic E-state index is 13.5. The summed E-state index contributed by atoms with van der Waals surface area (Å²) in [6.45, 7) is 2.48. The predicted octanol–water partition coefficient (Wildman–Crippen LogP) is 1.95. The molecule has 9 nitrogen and oxygen atoms in total. The SMILES string of the molecule is CCCCCNC(=O)N1CCN(S(=O)(=O)c2ccccc2)C(Cc2ccco2)(C(N)=O)C1. The van der Waals surface area contributed by atoms with Gasteiger partial charge in [0.1, 0.15) is 11.3 Å². The number of unbranched alkanes of at least 4 members (excludes halogenated alkanes) is 2. The molecule has 2 aromatic rings. The van der Waals surface area contributed by atoms with Crippen LogP contribution in [0.15, 0.2) is 58.0 Å². The van der Waals surface area contributed by atoms with Crippen LogP contribution in [-0.2, 0) is 21.2 Å². The Hall–Kier alpha value is -2.85. The quantitative estimate of drug-likeness (QED) is 0.551. The molecule has 2 heterocycles. The number of furan rings is 1. The minimum absolute atomic E-state index is 0.0579. The molecule has 1 saturated heterocycles. The van der Waals surface area contributed by atoms with Crippen molar-refractivity contribution in [3.8, 4) is 0 Å². The number of hydrogen-bond donors (Lipinski definition) is 2. The molecule has 1 fully saturated rings. The Kier molecular flexibility index (Phi) is 7.57. The molecule has 1 atom stereocenters. The van der Waals surface area contributed by atoms with E-state index < -0.39 is 21.5 Å². The van der Waals surface area contributed by atoms with Gasteiger partial charge in [0.25, 0.3) is 0 Å². The zero-order valence-corrected chi connectivity index (χ0v) is 19.0. The van der Waals surface area contributed by atoms with Gasteiger partial charge >= 0.3 is 6.03 Å². The molecule has 0 aliphatic carbocycles. The molecule has 1 aromatic carbocycles. The van der Waals surface area contributed by atoms with Crippen molar-refractivity contribution in [2.75, 3.05) is 26.2 Å². The van der Waals surface area contributed by atoms with Gasteiger partial charge in [0.15, 0.2) is 0 Å². The Morgan fingerprint density at radius 1 is 1.12 bits per heavy atom. The van der Waals surface area contributed by atoms with Crippen LogP contribution in [0.5, 0.6) is 0 Å². The summed E-state index contributed by atoms with van der Waals surface area (Å²) in [5.41, 5.74) is 4.15. The van der Waals surface area contributed by atoms with Crippen LogP contribution in [0.25, 0.3) is 0 Å². The summed E-state index contributed by atoms with van der Waals surface area (Å²) < 4.78 is 33.6. The monoisotopic (exact) mass is 462 g/mol. The van der Waals surface area contributed by atoms with Gasteiger partial charge in [-0.1, -0.05) is 38.0 Å². The van der Waals surface area contributed by atoms with E-state index in [0.717, 1.165) is 23.6 Å². The predicted molar refractivity (Wildman–Crippen MR) is 119 cm³/mol. The van der Waals surface area contributed by atoms with E-state index in [2.05, 4.69) is 12.2 Å². The molecule has 0 radical (unpaired) electrons. The number of primary amides is 1. The summed E-state index contributed by atoms with van der Waals surface area (Å²) in [6.07, 6.45) is 4.23. The van der Waals surface area contributed by atoms with Gasteiger partial charge in [-0.05, 0) is 30.7 Å². The molecule has 3 amide bonds. The van der Waals surface area contributed by atoms with Crippen molar-refractivity contribution >= 4 is 22.0 Å². The first-order valence-electron chi connectivity index (χ1n) is 10.7. The number of nitrogens with one attached hydrogen (secondary N) is 1. The first-order chi connectivity index (χ1) is 15.3. The minimum atomic E-state index is -4.06. The molecule has 0 bridgehead atoms. The molecule has 10 heteroatoms. The number of nitrogens with zero attached hydrogens (tertiary/aromatic N) is 2. The molecule has 1 unspecified atom stereocenters. The summed E-state index contributed by atoms with van der Waals surface area (Å²) in [5, 5.41) is 2.85. The highest BCUT2D eigenvalue weighted by Gasteiger charge is 2.53. The number of urea groups is 1. The lowest BCUT2D eigenvalue weighted by molar-refractivity contribution is -0.130. The lowest BCUT2D eigenvalue weighted by Gasteiger charge is -2.47. The van der Waals surface area contributed by atoms with Gasteiger partial charge in [0.2, 0.25) is 15.9 Å². The van der Waals surface area contributed by atoms with Crippen molar-refractivity contribution in [1.82, 2.24) is 14.5 Å². The molecule has 1 aliphatic heterocycles. The van der Waals surface area contributed by atoms with E-state index in [1.165, 1.54) is 23.3 Å². The third kappa shape index (κ3) is 4.97. The molecule has 1 aromatic heterocycles. The van der Waals surface area contributed by atoms with E-state index in [1.807, 2.05) is 0 Å². The van der Waals surface area contributed by atoms with Crippen LogP contribution in [0.4, 0.5) is 4.79 Å². The van der Waals surface area contributed by atoms with E-state index in [0.29, 0.717) is 12.3 Å². The van der Waals surface area contributed by atoms with Gasteiger partial charge < -0.3 is 20.4 Å². The largest absolute Gasteiger partial charge is 0.469 e. The van der Waals surface area contributed by atoms with Crippen molar-refractivity contribution in [2.45, 2.75) is 43.0 Å². The van der Waals surface area contributed by atoms with Crippen LogP contribution in [0.2, 0.25) is 0 Å². The van der Waals surface area contributed by atoms with Crippen molar-refractivity contribution in [3.63, 3.8) is 0 Å². The van der Waals surface area contributed by atoms with Crippen LogP contribution < -0.4 is 11.1 Å². The fourth-order valence-corrected chi connectivity index (χ4v) is 5.71. The van der Waals surface area contributed by atoms with Crippen LogP contribution in [0.3, 0.4) is 0 Å². The second kappa shape index (κ2) is 10.2. The van der Waals surface area contributed by atoms with Gasteiger partial charge in [0, 0.05) is 26.1 Å². The Bertz CT molecular complexity index is 1010. The van der Waals surface area contributed by atoms with Crippen molar-refractivity contribution in [3.05, 3.63) is 54.5 Å². The highest BCUT2D eigenvalue weighted by atomic mass is 32.2. The molecule has 0 saturated carbocycles. The lowest BCUT2D eigenvalue weighted by Crippen LogP contribution is -2.71. The van der Waals surface area contributed by atoms with Gasteiger partial charge in [-0.2, -0.15) is 4.31 Å². The molecule has 174 valence electrons. The standard InChI is InChI=1S/C22H30N4O5S/c1-2-3-7-12-24-21(28)25-13-14-26(32(29,30)19-10-5-4-6-11-19)22(17-25,20(23)27)16-18-9-8-15-31-18/h4-6,8-11,15H,2-3,7,12-14,16-17H2,1H3,(H2,23,27)(H,24,28). The summed E-state index contributed by atoms with van der Waals surface area (Å²) >= 11 is 0. The number of amides is 3. The minimum Gasteiger partial charge on any atom is -0.469 e. The Labute approximate surface area is 188 Å². The number of hydrogen-bond acceptors (Lipinski definition) is 5. The molecular formula is C22H30N4O5S.